The highest BCUT2D eigenvalue weighted by Crippen LogP contribution is 2.09. The highest BCUT2D eigenvalue weighted by molar-refractivity contribution is 5.95. The van der Waals surface area contributed by atoms with E-state index < -0.39 is 0 Å². The van der Waals surface area contributed by atoms with E-state index in [1.807, 2.05) is 0 Å². The second-order valence-corrected chi connectivity index (χ2v) is 6.06. The number of hydrogen-bond acceptors (Lipinski definition) is 5. The third-order valence-electron chi connectivity index (χ3n) is 3.78. The summed E-state index contributed by atoms with van der Waals surface area (Å²) >= 11 is 0. The number of carbonyl (C=O) groups excluding carboxylic acids is 3. The first kappa shape index (κ1) is 20.8. The van der Waals surface area contributed by atoms with Crippen LogP contribution in [-0.4, -0.2) is 40.6 Å². The van der Waals surface area contributed by atoms with Gasteiger partial charge in [-0.1, -0.05) is 6.92 Å². The average molecular weight is 385 g/mol. The van der Waals surface area contributed by atoms with Gasteiger partial charge in [0.1, 0.15) is 6.54 Å². The second kappa shape index (κ2) is 10.0. The lowest BCUT2D eigenvalue weighted by molar-refractivity contribution is -0.122. The number of benzene rings is 1. The number of aromatic nitrogens is 2. The zero-order chi connectivity index (χ0) is 20.5. The van der Waals surface area contributed by atoms with E-state index >= 15 is 0 Å². The van der Waals surface area contributed by atoms with E-state index in [0.29, 0.717) is 23.4 Å². The molecule has 0 saturated carbocycles. The largest absolute Gasteiger partial charge is 0.353 e. The fourth-order valence-electron chi connectivity index (χ4n) is 2.29. The molecule has 9 nitrogen and oxygen atoms in total. The quantitative estimate of drug-likeness (QED) is 0.570. The lowest BCUT2D eigenvalue weighted by atomic mass is 10.2. The maximum absolute atomic E-state index is 12.1. The van der Waals surface area contributed by atoms with Crippen LogP contribution in [0.1, 0.15) is 29.4 Å². The molecule has 0 aliphatic heterocycles. The highest BCUT2D eigenvalue weighted by Gasteiger charge is 2.08. The first-order chi connectivity index (χ1) is 13.4. The van der Waals surface area contributed by atoms with Crippen LogP contribution < -0.4 is 21.5 Å². The van der Waals surface area contributed by atoms with Crippen molar-refractivity contribution >= 4 is 23.4 Å². The molecule has 3 N–H and O–H groups in total. The van der Waals surface area contributed by atoms with Gasteiger partial charge in [0.2, 0.25) is 11.8 Å². The molecule has 2 rings (SSSR count). The van der Waals surface area contributed by atoms with Crippen LogP contribution in [-0.2, 0) is 16.1 Å². The second-order valence-electron chi connectivity index (χ2n) is 6.06. The smallest absolute Gasteiger partial charge is 0.267 e. The van der Waals surface area contributed by atoms with Crippen molar-refractivity contribution in [1.82, 2.24) is 20.4 Å². The van der Waals surface area contributed by atoms with Gasteiger partial charge in [-0.05, 0) is 37.3 Å². The molecule has 1 aromatic carbocycles. The Morgan fingerprint density at radius 3 is 2.32 bits per heavy atom. The summed E-state index contributed by atoms with van der Waals surface area (Å²) in [5.74, 6) is -0.763. The lowest BCUT2D eigenvalue weighted by Gasteiger charge is -2.09. The van der Waals surface area contributed by atoms with Gasteiger partial charge in [0.25, 0.3) is 11.5 Å². The molecule has 0 fully saturated rings. The number of hydrogen-bond donors (Lipinski definition) is 3. The number of aryl methyl sites for hydroxylation is 1. The first-order valence-corrected chi connectivity index (χ1v) is 8.88. The van der Waals surface area contributed by atoms with E-state index in [1.165, 1.54) is 6.07 Å². The van der Waals surface area contributed by atoms with Crippen molar-refractivity contribution in [3.8, 4) is 0 Å². The van der Waals surface area contributed by atoms with Crippen molar-refractivity contribution in [2.45, 2.75) is 26.8 Å². The molecule has 0 atom stereocenters. The molecule has 0 saturated heterocycles. The SMILES string of the molecule is CCC(=O)Nc1ccc(C(=O)NCCNC(=O)Cn2nc(C)ccc2=O)cc1. The predicted molar refractivity (Wildman–Crippen MR) is 104 cm³/mol. The molecule has 0 unspecified atom stereocenters. The summed E-state index contributed by atoms with van der Waals surface area (Å²) in [7, 11) is 0. The molecule has 0 bridgehead atoms. The molecule has 28 heavy (non-hydrogen) atoms. The number of rotatable bonds is 8. The molecular weight excluding hydrogens is 362 g/mol. The van der Waals surface area contributed by atoms with Crippen molar-refractivity contribution < 1.29 is 14.4 Å². The number of amides is 3. The van der Waals surface area contributed by atoms with Crippen LogP contribution in [0.5, 0.6) is 0 Å². The van der Waals surface area contributed by atoms with Gasteiger partial charge in [-0.2, -0.15) is 5.10 Å². The minimum atomic E-state index is -0.370. The Labute approximate surface area is 162 Å². The van der Waals surface area contributed by atoms with Gasteiger partial charge < -0.3 is 16.0 Å². The minimum Gasteiger partial charge on any atom is -0.353 e. The zero-order valence-corrected chi connectivity index (χ0v) is 15.8. The van der Waals surface area contributed by atoms with Crippen LogP contribution in [0.3, 0.4) is 0 Å². The average Bonchev–Trinajstić information content (AvgIpc) is 2.68. The Morgan fingerprint density at radius 2 is 1.64 bits per heavy atom. The van der Waals surface area contributed by atoms with Gasteiger partial charge in [-0.3, -0.25) is 19.2 Å². The molecule has 2 aromatic rings. The summed E-state index contributed by atoms with van der Waals surface area (Å²) in [5.41, 5.74) is 1.35. The van der Waals surface area contributed by atoms with E-state index in [9.17, 15) is 19.2 Å². The van der Waals surface area contributed by atoms with Crippen molar-refractivity contribution in [3.05, 3.63) is 58.0 Å². The van der Waals surface area contributed by atoms with Gasteiger partial charge in [0.05, 0.1) is 5.69 Å². The monoisotopic (exact) mass is 385 g/mol. The maximum Gasteiger partial charge on any atom is 0.267 e. The standard InChI is InChI=1S/C19H23N5O4/c1-3-16(25)22-15-7-5-14(6-8-15)19(28)21-11-10-20-17(26)12-24-18(27)9-4-13(2)23-24/h4-9H,3,10-12H2,1-2H3,(H,20,26)(H,21,28)(H,22,25). The Hall–Kier alpha value is -3.49. The van der Waals surface area contributed by atoms with E-state index in [4.69, 9.17) is 0 Å². The summed E-state index contributed by atoms with van der Waals surface area (Å²) in [6, 6.07) is 9.45. The summed E-state index contributed by atoms with van der Waals surface area (Å²) < 4.78 is 1.09. The first-order valence-electron chi connectivity index (χ1n) is 8.88. The molecule has 3 amide bonds. The van der Waals surface area contributed by atoms with Gasteiger partial charge in [0, 0.05) is 36.8 Å². The molecule has 1 aromatic heterocycles. The summed E-state index contributed by atoms with van der Waals surface area (Å²) in [6.45, 7) is 3.75. The molecule has 0 aliphatic carbocycles. The number of nitrogens with one attached hydrogen (secondary N) is 3. The van der Waals surface area contributed by atoms with Crippen LogP contribution in [0, 0.1) is 6.92 Å². The summed E-state index contributed by atoms with van der Waals surface area (Å²) in [4.78, 5) is 46.9. The molecule has 0 radical (unpaired) electrons. The van der Waals surface area contributed by atoms with Crippen LogP contribution in [0.2, 0.25) is 0 Å². The predicted octanol–water partition coefficient (Wildman–Crippen LogP) is 0.446. The minimum absolute atomic E-state index is 0.101. The van der Waals surface area contributed by atoms with Gasteiger partial charge in [0.15, 0.2) is 0 Å². The van der Waals surface area contributed by atoms with Gasteiger partial charge in [-0.25, -0.2) is 4.68 Å². The highest BCUT2D eigenvalue weighted by atomic mass is 16.2. The zero-order valence-electron chi connectivity index (χ0n) is 15.8. The fourth-order valence-corrected chi connectivity index (χ4v) is 2.29. The summed E-state index contributed by atoms with van der Waals surface area (Å²) in [5, 5.41) is 12.0. The Bertz CT molecular complexity index is 905. The van der Waals surface area contributed by atoms with Crippen LogP contribution in [0.15, 0.2) is 41.2 Å². The molecule has 148 valence electrons. The third kappa shape index (κ3) is 6.35. The van der Waals surface area contributed by atoms with E-state index in [0.717, 1.165) is 4.68 Å². The van der Waals surface area contributed by atoms with Crippen LogP contribution >= 0.6 is 0 Å². The van der Waals surface area contributed by atoms with Crippen LogP contribution in [0.4, 0.5) is 5.69 Å². The molecule has 1 heterocycles. The molecule has 9 heteroatoms. The number of carbonyl (C=O) groups is 3. The fraction of sp³-hybridized carbons (Fsp3) is 0.316. The molecular formula is C19H23N5O4. The maximum atomic E-state index is 12.1. The Morgan fingerprint density at radius 1 is 0.964 bits per heavy atom. The molecule has 0 spiro atoms. The van der Waals surface area contributed by atoms with E-state index in [1.54, 1.807) is 44.2 Å². The number of nitrogens with zero attached hydrogens (tertiary/aromatic N) is 2. The van der Waals surface area contributed by atoms with E-state index in [-0.39, 0.29) is 42.9 Å². The normalized spacial score (nSPS) is 10.2. The van der Waals surface area contributed by atoms with Crippen molar-refractivity contribution in [2.75, 3.05) is 18.4 Å². The third-order valence-corrected chi connectivity index (χ3v) is 3.78. The van der Waals surface area contributed by atoms with Crippen molar-refractivity contribution in [2.24, 2.45) is 0 Å². The van der Waals surface area contributed by atoms with Gasteiger partial charge in [-0.15, -0.1) is 0 Å². The van der Waals surface area contributed by atoms with Gasteiger partial charge >= 0.3 is 0 Å². The number of anilines is 1. The van der Waals surface area contributed by atoms with Crippen molar-refractivity contribution in [3.63, 3.8) is 0 Å². The van der Waals surface area contributed by atoms with Crippen molar-refractivity contribution in [1.29, 1.82) is 0 Å². The summed E-state index contributed by atoms with van der Waals surface area (Å²) in [6.07, 6.45) is 0.378. The van der Waals surface area contributed by atoms with Crippen LogP contribution in [0.25, 0.3) is 0 Å². The van der Waals surface area contributed by atoms with E-state index in [2.05, 4.69) is 21.0 Å². The Balaban J connectivity index is 1.74. The molecule has 0 aliphatic rings. The topological polar surface area (TPSA) is 122 Å². The lowest BCUT2D eigenvalue weighted by Crippen LogP contribution is -2.38. The Kier molecular flexibility index (Phi) is 7.44.